The number of likely N-dealkylation sites (N-methyl/N-ethyl adjacent to an activating group) is 1. The van der Waals surface area contributed by atoms with Gasteiger partial charge in [-0.1, -0.05) is 0 Å². The summed E-state index contributed by atoms with van der Waals surface area (Å²) in [5.74, 6) is 0.161. The summed E-state index contributed by atoms with van der Waals surface area (Å²) in [6.45, 7) is 6.21. The van der Waals surface area contributed by atoms with Gasteiger partial charge in [-0.25, -0.2) is 0 Å². The van der Waals surface area contributed by atoms with Gasteiger partial charge in [0, 0.05) is 26.1 Å². The molecule has 1 aliphatic heterocycles. The van der Waals surface area contributed by atoms with Gasteiger partial charge in [-0.3, -0.25) is 4.79 Å². The normalized spacial score (nSPS) is 24.7. The van der Waals surface area contributed by atoms with Crippen molar-refractivity contribution in [1.29, 1.82) is 0 Å². The Hall–Kier alpha value is -0.570. The largest absolute Gasteiger partial charge is 0.369 e. The zero-order chi connectivity index (χ0) is 8.27. The van der Waals surface area contributed by atoms with Crippen LogP contribution in [0.4, 0.5) is 0 Å². The van der Waals surface area contributed by atoms with Crippen molar-refractivity contribution in [3.05, 3.63) is 0 Å². The third kappa shape index (κ3) is 1.71. The fourth-order valence-electron chi connectivity index (χ4n) is 1.38. The lowest BCUT2D eigenvalue weighted by atomic mass is 10.3. The molecular formula is C8H15NO2. The van der Waals surface area contributed by atoms with Gasteiger partial charge in [0.05, 0.1) is 0 Å². The molecule has 3 heteroatoms. The highest BCUT2D eigenvalue weighted by molar-refractivity contribution is 5.82. The summed E-state index contributed by atoms with van der Waals surface area (Å²) in [4.78, 5) is 13.2. The van der Waals surface area contributed by atoms with Gasteiger partial charge < -0.3 is 9.64 Å². The number of nitrogens with zero attached hydrogens (tertiary/aromatic N) is 1. The molecule has 1 rings (SSSR count). The van der Waals surface area contributed by atoms with E-state index in [1.807, 2.05) is 18.7 Å². The van der Waals surface area contributed by atoms with Crippen LogP contribution in [-0.4, -0.2) is 36.6 Å². The van der Waals surface area contributed by atoms with Crippen molar-refractivity contribution in [3.63, 3.8) is 0 Å². The molecule has 1 amide bonds. The Balaban J connectivity index is 2.42. The highest BCUT2D eigenvalue weighted by atomic mass is 16.5. The molecule has 1 unspecified atom stereocenters. The first-order chi connectivity index (χ1) is 5.29. The van der Waals surface area contributed by atoms with Gasteiger partial charge in [0.2, 0.25) is 0 Å². The first kappa shape index (κ1) is 8.53. The van der Waals surface area contributed by atoms with Gasteiger partial charge >= 0.3 is 0 Å². The smallest absolute Gasteiger partial charge is 0.251 e. The monoisotopic (exact) mass is 157 g/mol. The molecule has 0 aliphatic carbocycles. The van der Waals surface area contributed by atoms with Crippen molar-refractivity contribution in [2.24, 2.45) is 0 Å². The van der Waals surface area contributed by atoms with Crippen LogP contribution in [0.15, 0.2) is 0 Å². The molecular weight excluding hydrogens is 142 g/mol. The molecule has 0 aromatic carbocycles. The summed E-state index contributed by atoms with van der Waals surface area (Å²) >= 11 is 0. The average molecular weight is 157 g/mol. The molecule has 0 N–H and O–H groups in total. The van der Waals surface area contributed by atoms with Crippen LogP contribution in [-0.2, 0) is 9.53 Å². The molecule has 64 valence electrons. The van der Waals surface area contributed by atoms with Crippen molar-refractivity contribution < 1.29 is 9.53 Å². The van der Waals surface area contributed by atoms with E-state index in [1.165, 1.54) is 0 Å². The van der Waals surface area contributed by atoms with Crippen LogP contribution in [0.2, 0.25) is 0 Å². The number of carbonyl (C=O) groups excluding carboxylic acids is 1. The lowest BCUT2D eigenvalue weighted by Crippen LogP contribution is -2.30. The van der Waals surface area contributed by atoms with Crippen LogP contribution in [0, 0.1) is 0 Å². The predicted octanol–water partition coefficient (Wildman–Crippen LogP) is 0.644. The van der Waals surface area contributed by atoms with E-state index in [1.54, 1.807) is 0 Å². The summed E-state index contributed by atoms with van der Waals surface area (Å²) in [6.07, 6.45) is 0.709. The maximum atomic E-state index is 11.3. The topological polar surface area (TPSA) is 29.5 Å². The van der Waals surface area contributed by atoms with Crippen molar-refractivity contribution in [2.45, 2.75) is 26.4 Å². The Labute approximate surface area is 67.3 Å². The van der Waals surface area contributed by atoms with Crippen LogP contribution in [0.1, 0.15) is 20.3 Å². The Kier molecular flexibility index (Phi) is 2.88. The minimum atomic E-state index is -0.153. The van der Waals surface area contributed by atoms with E-state index in [-0.39, 0.29) is 12.0 Å². The van der Waals surface area contributed by atoms with Gasteiger partial charge in [-0.2, -0.15) is 0 Å². The van der Waals surface area contributed by atoms with Crippen LogP contribution in [0.25, 0.3) is 0 Å². The summed E-state index contributed by atoms with van der Waals surface area (Å²) in [7, 11) is 0. The van der Waals surface area contributed by atoms with E-state index in [0.717, 1.165) is 19.5 Å². The summed E-state index contributed by atoms with van der Waals surface area (Å²) in [6, 6.07) is 0. The molecule has 3 nitrogen and oxygen atoms in total. The highest BCUT2D eigenvalue weighted by Crippen LogP contribution is 2.13. The fraction of sp³-hybridized carbons (Fsp3) is 0.875. The van der Waals surface area contributed by atoms with Crippen LogP contribution < -0.4 is 0 Å². The second-order valence-corrected chi connectivity index (χ2v) is 2.65. The number of hydrogen-bond acceptors (Lipinski definition) is 2. The van der Waals surface area contributed by atoms with Crippen LogP contribution in [0.5, 0.6) is 0 Å². The van der Waals surface area contributed by atoms with E-state index in [2.05, 4.69) is 0 Å². The molecule has 0 aromatic rings. The number of ether oxygens (including phenoxy) is 1. The highest BCUT2D eigenvalue weighted by Gasteiger charge is 2.30. The molecule has 0 spiro atoms. The SMILES string of the molecule is CCOC1CCN(CC)C1=O. The molecule has 0 radical (unpaired) electrons. The molecule has 0 bridgehead atoms. The van der Waals surface area contributed by atoms with Crippen molar-refractivity contribution >= 4 is 5.91 Å². The first-order valence-electron chi connectivity index (χ1n) is 4.20. The molecule has 11 heavy (non-hydrogen) atoms. The number of likely N-dealkylation sites (tertiary alicyclic amines) is 1. The maximum Gasteiger partial charge on any atom is 0.251 e. The van der Waals surface area contributed by atoms with E-state index in [4.69, 9.17) is 4.74 Å². The third-order valence-electron chi connectivity index (χ3n) is 2.00. The average Bonchev–Trinajstić information content (AvgIpc) is 2.34. The Morgan fingerprint density at radius 3 is 2.82 bits per heavy atom. The first-order valence-corrected chi connectivity index (χ1v) is 4.20. The Morgan fingerprint density at radius 1 is 1.64 bits per heavy atom. The maximum absolute atomic E-state index is 11.3. The number of rotatable bonds is 3. The lowest BCUT2D eigenvalue weighted by molar-refractivity contribution is -0.136. The summed E-state index contributed by atoms with van der Waals surface area (Å²) < 4.78 is 5.26. The van der Waals surface area contributed by atoms with E-state index in [0.29, 0.717) is 6.61 Å². The molecule has 1 fully saturated rings. The Morgan fingerprint density at radius 2 is 2.36 bits per heavy atom. The summed E-state index contributed by atoms with van der Waals surface area (Å²) in [5.41, 5.74) is 0. The van der Waals surface area contributed by atoms with Gasteiger partial charge in [0.15, 0.2) is 0 Å². The van der Waals surface area contributed by atoms with Crippen molar-refractivity contribution in [2.75, 3.05) is 19.7 Å². The minimum absolute atomic E-state index is 0.153. The standard InChI is InChI=1S/C8H15NO2/c1-3-9-6-5-7(8(9)10)11-4-2/h7H,3-6H2,1-2H3. The molecule has 1 saturated heterocycles. The molecule has 0 aromatic heterocycles. The van der Waals surface area contributed by atoms with Crippen molar-refractivity contribution in [3.8, 4) is 0 Å². The quantitative estimate of drug-likeness (QED) is 0.601. The summed E-state index contributed by atoms with van der Waals surface area (Å²) in [5, 5.41) is 0. The fourth-order valence-corrected chi connectivity index (χ4v) is 1.38. The predicted molar refractivity (Wildman–Crippen MR) is 42.3 cm³/mol. The van der Waals surface area contributed by atoms with Crippen LogP contribution in [0.3, 0.4) is 0 Å². The van der Waals surface area contributed by atoms with Gasteiger partial charge in [-0.05, 0) is 13.8 Å². The second-order valence-electron chi connectivity index (χ2n) is 2.65. The molecule has 0 saturated carbocycles. The second kappa shape index (κ2) is 3.72. The number of hydrogen-bond donors (Lipinski definition) is 0. The van der Waals surface area contributed by atoms with Crippen LogP contribution >= 0.6 is 0 Å². The minimum Gasteiger partial charge on any atom is -0.369 e. The number of amides is 1. The lowest BCUT2D eigenvalue weighted by Gasteiger charge is -2.13. The van der Waals surface area contributed by atoms with Crippen molar-refractivity contribution in [1.82, 2.24) is 4.90 Å². The third-order valence-corrected chi connectivity index (χ3v) is 2.00. The molecule has 1 aliphatic rings. The van der Waals surface area contributed by atoms with Gasteiger partial charge in [-0.15, -0.1) is 0 Å². The van der Waals surface area contributed by atoms with E-state index in [9.17, 15) is 4.79 Å². The molecule has 1 heterocycles. The van der Waals surface area contributed by atoms with E-state index >= 15 is 0 Å². The number of carbonyl (C=O) groups is 1. The zero-order valence-corrected chi connectivity index (χ0v) is 7.17. The van der Waals surface area contributed by atoms with Gasteiger partial charge in [0.1, 0.15) is 6.10 Å². The van der Waals surface area contributed by atoms with E-state index < -0.39 is 0 Å². The van der Waals surface area contributed by atoms with Gasteiger partial charge in [0.25, 0.3) is 5.91 Å². The zero-order valence-electron chi connectivity index (χ0n) is 7.17. The Bertz CT molecular complexity index is 147. The molecule has 1 atom stereocenters.